The minimum atomic E-state index is -0.444. The topological polar surface area (TPSA) is 61.5 Å². The van der Waals surface area contributed by atoms with Crippen molar-refractivity contribution in [1.29, 1.82) is 0 Å². The van der Waals surface area contributed by atoms with Crippen molar-refractivity contribution in [3.8, 4) is 28.4 Å². The summed E-state index contributed by atoms with van der Waals surface area (Å²) < 4.78 is 16.0. The molecular weight excluding hydrogens is 872 g/mol. The van der Waals surface area contributed by atoms with E-state index in [1.807, 2.05) is 42.7 Å². The van der Waals surface area contributed by atoms with Gasteiger partial charge < -0.3 is 14.0 Å². The van der Waals surface area contributed by atoms with E-state index < -0.39 is 5.54 Å². The number of rotatable bonds is 5. The summed E-state index contributed by atoms with van der Waals surface area (Å²) >= 11 is 0. The van der Waals surface area contributed by atoms with Crippen LogP contribution in [0.15, 0.2) is 102 Å². The van der Waals surface area contributed by atoms with Gasteiger partial charge >= 0.3 is 21.1 Å². The molecule has 7 heteroatoms. The zero-order valence-corrected chi connectivity index (χ0v) is 35.7. The zero-order valence-electron chi connectivity index (χ0n) is 33.4. The van der Waals surface area contributed by atoms with Gasteiger partial charge in [-0.05, 0) is 98.0 Å². The molecule has 0 bridgehead atoms. The number of hydrogen-bond acceptors (Lipinski definition) is 5. The summed E-state index contributed by atoms with van der Waals surface area (Å²) in [5.74, 6) is 1.68. The molecule has 0 N–H and O–H groups in total. The molecule has 3 aromatic heterocycles. The third-order valence-corrected chi connectivity index (χ3v) is 11.3. The number of aromatic nitrogens is 3. The van der Waals surface area contributed by atoms with E-state index in [0.717, 1.165) is 56.4 Å². The Morgan fingerprint density at radius 3 is 2.36 bits per heavy atom. The maximum atomic E-state index is 6.93. The quantitative estimate of drug-likeness (QED) is 0.161. The summed E-state index contributed by atoms with van der Waals surface area (Å²) in [7, 11) is 0. The van der Waals surface area contributed by atoms with E-state index in [1.165, 1.54) is 27.8 Å². The van der Waals surface area contributed by atoms with E-state index >= 15 is 0 Å². The van der Waals surface area contributed by atoms with E-state index in [0.29, 0.717) is 17.4 Å². The van der Waals surface area contributed by atoms with Crippen LogP contribution in [0.2, 0.25) is 0 Å². The maximum Gasteiger partial charge on any atom is 2.00 e. The first-order chi connectivity index (χ1) is 26.2. The van der Waals surface area contributed by atoms with E-state index in [9.17, 15) is 0 Å². The van der Waals surface area contributed by atoms with Crippen LogP contribution in [0, 0.1) is 32.9 Å². The van der Waals surface area contributed by atoms with Gasteiger partial charge in [-0.15, -0.1) is 29.8 Å². The second-order valence-electron chi connectivity index (χ2n) is 17.4. The zero-order chi connectivity index (χ0) is 38.4. The fourth-order valence-electron chi connectivity index (χ4n) is 9.18. The van der Waals surface area contributed by atoms with Crippen LogP contribution in [0.3, 0.4) is 0 Å². The smallest absolute Gasteiger partial charge is 0.510 e. The van der Waals surface area contributed by atoms with Crippen molar-refractivity contribution in [2.75, 3.05) is 0 Å². The Morgan fingerprint density at radius 2 is 1.59 bits per heavy atom. The Labute approximate surface area is 344 Å². The summed E-state index contributed by atoms with van der Waals surface area (Å²) in [5, 5.41) is 2.26. The van der Waals surface area contributed by atoms with Crippen molar-refractivity contribution < 1.29 is 30.5 Å². The largest absolute Gasteiger partial charge is 2.00 e. The van der Waals surface area contributed by atoms with Gasteiger partial charge in [0.2, 0.25) is 0 Å². The maximum absolute atomic E-state index is 6.93. The van der Waals surface area contributed by atoms with E-state index in [-0.39, 0.29) is 38.0 Å². The molecule has 1 aliphatic heterocycles. The molecule has 0 radical (unpaired) electrons. The van der Waals surface area contributed by atoms with Crippen molar-refractivity contribution in [3.05, 3.63) is 148 Å². The molecule has 0 fully saturated rings. The first-order valence-corrected chi connectivity index (χ1v) is 19.2. The minimum Gasteiger partial charge on any atom is -0.510 e. The van der Waals surface area contributed by atoms with Gasteiger partial charge in [-0.3, -0.25) is 9.98 Å². The first-order valence-electron chi connectivity index (χ1n) is 19.2. The SMILES string of the molecule is Cc1cc(C)c2c(c1)[C@@H]1OC(c3[c-]c(Oc4[c-]c(-n5c6ccc(C)cc6c6cccnc65)cc(C(C)(C)C)c4)cc(-c4ccccn4)c3)=N[C@]1(C)CC2(C)C.[Pt+2]. The molecule has 0 saturated heterocycles. The third-order valence-electron chi connectivity index (χ3n) is 11.3. The van der Waals surface area contributed by atoms with Crippen LogP contribution >= 0.6 is 0 Å². The molecule has 6 nitrogen and oxygen atoms in total. The summed E-state index contributed by atoms with van der Waals surface area (Å²) in [5.41, 5.74) is 12.0. The summed E-state index contributed by atoms with van der Waals surface area (Å²) in [4.78, 5) is 14.9. The van der Waals surface area contributed by atoms with Gasteiger partial charge in [0.15, 0.2) is 0 Å². The number of ether oxygens (including phenoxy) is 2. The number of aliphatic imine (C=N–C) groups is 1. The molecule has 284 valence electrons. The summed E-state index contributed by atoms with van der Waals surface area (Å²) in [6.45, 7) is 20.0. The van der Waals surface area contributed by atoms with E-state index in [1.54, 1.807) is 0 Å². The molecule has 0 spiro atoms. The number of aryl methyl sites for hydroxylation is 3. The van der Waals surface area contributed by atoms with Crippen molar-refractivity contribution in [3.63, 3.8) is 0 Å². The second-order valence-corrected chi connectivity index (χ2v) is 17.4. The molecule has 9 rings (SSSR count). The fourth-order valence-corrected chi connectivity index (χ4v) is 9.18. The Morgan fingerprint density at radius 1 is 0.804 bits per heavy atom. The van der Waals surface area contributed by atoms with Gasteiger partial charge in [-0.2, -0.15) is 0 Å². The normalized spacial score (nSPS) is 18.5. The minimum absolute atomic E-state index is 0. The van der Waals surface area contributed by atoms with Crippen molar-refractivity contribution in [2.45, 2.75) is 91.2 Å². The second kappa shape index (κ2) is 13.6. The number of nitrogens with zero attached hydrogens (tertiary/aromatic N) is 4. The number of fused-ring (bicyclic) bond motifs is 6. The van der Waals surface area contributed by atoms with Crippen LogP contribution in [-0.4, -0.2) is 26.0 Å². The van der Waals surface area contributed by atoms with Crippen LogP contribution in [0.1, 0.15) is 93.0 Å². The number of benzene rings is 4. The van der Waals surface area contributed by atoms with Crippen LogP contribution in [0.4, 0.5) is 0 Å². The molecule has 4 aromatic carbocycles. The van der Waals surface area contributed by atoms with Crippen molar-refractivity contribution >= 4 is 27.8 Å². The molecule has 0 amide bonds. The molecule has 56 heavy (non-hydrogen) atoms. The van der Waals surface area contributed by atoms with Gasteiger partial charge in [-0.1, -0.05) is 99.0 Å². The summed E-state index contributed by atoms with van der Waals surface area (Å²) in [6.07, 6.45) is 4.32. The van der Waals surface area contributed by atoms with Crippen LogP contribution in [0.5, 0.6) is 11.5 Å². The molecule has 2 aliphatic rings. The molecule has 0 saturated carbocycles. The average Bonchev–Trinajstić information content (AvgIpc) is 3.65. The van der Waals surface area contributed by atoms with E-state index in [2.05, 4.69) is 134 Å². The van der Waals surface area contributed by atoms with Gasteiger partial charge in [0.05, 0.1) is 16.7 Å². The summed E-state index contributed by atoms with van der Waals surface area (Å²) in [6, 6.07) is 36.7. The molecule has 0 unspecified atom stereocenters. The van der Waals surface area contributed by atoms with Crippen LogP contribution in [-0.2, 0) is 36.6 Å². The Bertz CT molecular complexity index is 2710. The third kappa shape index (κ3) is 6.46. The Balaban J connectivity index is 0.00000441. The van der Waals surface area contributed by atoms with Crippen LogP contribution < -0.4 is 4.74 Å². The Kier molecular flexibility index (Phi) is 9.16. The van der Waals surface area contributed by atoms with Gasteiger partial charge in [0, 0.05) is 34.7 Å². The average molecular weight is 918 g/mol. The van der Waals surface area contributed by atoms with Crippen LogP contribution in [0.25, 0.3) is 38.9 Å². The van der Waals surface area contributed by atoms with Crippen molar-refractivity contribution in [1.82, 2.24) is 14.5 Å². The predicted molar refractivity (Wildman–Crippen MR) is 222 cm³/mol. The molecule has 4 heterocycles. The van der Waals surface area contributed by atoms with Gasteiger partial charge in [0.1, 0.15) is 17.6 Å². The van der Waals surface area contributed by atoms with E-state index in [4.69, 9.17) is 24.4 Å². The van der Waals surface area contributed by atoms with Crippen molar-refractivity contribution in [2.24, 2.45) is 4.99 Å². The molecule has 2 atom stereocenters. The molecule has 7 aromatic rings. The predicted octanol–water partition coefficient (Wildman–Crippen LogP) is 11.8. The van der Waals surface area contributed by atoms with Gasteiger partial charge in [0.25, 0.3) is 0 Å². The number of hydrogen-bond donors (Lipinski definition) is 0. The standard InChI is InChI=1S/C49H46N4O2.Pt/c1-29-15-16-42-39(20-29)38-13-12-18-51-45(38)53(42)35-25-34(47(4,5)6)26-37(27-35)54-36-23-32(41-14-10-11-17-50-41)22-33(24-36)46-52-49(9)28-48(7,8)43-31(3)19-30(2)21-40(43)44(49)55-46;/h10-23,25-26,44H,28H2,1-9H3;/q-2;+2/t44-,49+;/m0./s1. The monoisotopic (exact) mass is 917 g/mol. The number of pyridine rings is 2. The molecule has 1 aliphatic carbocycles. The first kappa shape index (κ1) is 37.8. The fraction of sp³-hybridized carbons (Fsp3) is 0.286. The van der Waals surface area contributed by atoms with Gasteiger partial charge in [-0.25, -0.2) is 4.98 Å². The molecular formula is C49H46N4O2Pt. The Hall–Kier alpha value is -5.06.